The van der Waals surface area contributed by atoms with Crippen LogP contribution in [0.4, 0.5) is 5.82 Å². The molecule has 4 rings (SSSR count). The minimum absolute atomic E-state index is 0.00947. The predicted octanol–water partition coefficient (Wildman–Crippen LogP) is 2.97. The number of nitrogens with zero attached hydrogens (tertiary/aromatic N) is 2. The fraction of sp³-hybridized carbons (Fsp3) is 0.273. The SMILES string of the molecule is COc1ccc(CCNC(=O)CC2Nc3c4ccccc4nc(=S)n3C2=O)cc1OC. The lowest BCUT2D eigenvalue weighted by molar-refractivity contribution is -0.121. The van der Waals surface area contributed by atoms with E-state index in [0.717, 1.165) is 10.9 Å². The van der Waals surface area contributed by atoms with E-state index in [9.17, 15) is 9.59 Å². The molecule has 0 saturated heterocycles. The Labute approximate surface area is 184 Å². The molecule has 0 bridgehead atoms. The van der Waals surface area contributed by atoms with Crippen LogP contribution < -0.4 is 20.1 Å². The van der Waals surface area contributed by atoms with E-state index in [1.807, 2.05) is 42.5 Å². The predicted molar refractivity (Wildman–Crippen MR) is 119 cm³/mol. The Morgan fingerprint density at radius 1 is 1.19 bits per heavy atom. The zero-order chi connectivity index (χ0) is 22.0. The van der Waals surface area contributed by atoms with Gasteiger partial charge in [0.25, 0.3) is 5.91 Å². The third-order valence-corrected chi connectivity index (χ3v) is 5.47. The third kappa shape index (κ3) is 4.09. The van der Waals surface area contributed by atoms with E-state index in [2.05, 4.69) is 15.6 Å². The van der Waals surface area contributed by atoms with Gasteiger partial charge in [-0.25, -0.2) is 9.55 Å². The summed E-state index contributed by atoms with van der Waals surface area (Å²) in [4.78, 5) is 29.6. The molecule has 3 aromatic rings. The van der Waals surface area contributed by atoms with Crippen LogP contribution in [0, 0.1) is 4.77 Å². The number of methoxy groups -OCH3 is 2. The highest BCUT2D eigenvalue weighted by molar-refractivity contribution is 7.71. The average molecular weight is 439 g/mol. The highest BCUT2D eigenvalue weighted by Crippen LogP contribution is 2.29. The van der Waals surface area contributed by atoms with E-state index in [0.29, 0.717) is 35.8 Å². The number of ether oxygens (including phenoxy) is 2. The lowest BCUT2D eigenvalue weighted by Crippen LogP contribution is -2.34. The zero-order valence-electron chi connectivity index (χ0n) is 17.2. The van der Waals surface area contributed by atoms with Gasteiger partial charge >= 0.3 is 0 Å². The zero-order valence-corrected chi connectivity index (χ0v) is 18.0. The molecule has 31 heavy (non-hydrogen) atoms. The molecule has 1 aliphatic heterocycles. The fourth-order valence-electron chi connectivity index (χ4n) is 3.65. The van der Waals surface area contributed by atoms with Gasteiger partial charge in [-0.15, -0.1) is 0 Å². The summed E-state index contributed by atoms with van der Waals surface area (Å²) in [6, 6.07) is 12.4. The molecule has 2 heterocycles. The number of carbonyl (C=O) groups is 2. The largest absolute Gasteiger partial charge is 0.493 e. The van der Waals surface area contributed by atoms with Crippen LogP contribution in [0.15, 0.2) is 42.5 Å². The van der Waals surface area contributed by atoms with Gasteiger partial charge in [-0.05, 0) is 48.5 Å². The Balaban J connectivity index is 1.38. The Kier molecular flexibility index (Phi) is 5.85. The van der Waals surface area contributed by atoms with Crippen molar-refractivity contribution in [2.75, 3.05) is 26.1 Å². The number of aromatic nitrogens is 2. The first kappa shape index (κ1) is 20.8. The number of rotatable bonds is 7. The minimum Gasteiger partial charge on any atom is -0.493 e. The van der Waals surface area contributed by atoms with Gasteiger partial charge in [0.15, 0.2) is 11.5 Å². The number of carbonyl (C=O) groups excluding carboxylic acids is 2. The summed E-state index contributed by atoms with van der Waals surface area (Å²) in [6.07, 6.45) is 0.632. The van der Waals surface area contributed by atoms with Gasteiger partial charge in [-0.2, -0.15) is 0 Å². The summed E-state index contributed by atoms with van der Waals surface area (Å²) in [5.41, 5.74) is 1.71. The molecule has 1 atom stereocenters. The van der Waals surface area contributed by atoms with Crippen molar-refractivity contribution in [1.29, 1.82) is 0 Å². The van der Waals surface area contributed by atoms with Crippen LogP contribution in [0.3, 0.4) is 0 Å². The maximum atomic E-state index is 12.8. The first-order valence-electron chi connectivity index (χ1n) is 9.82. The maximum absolute atomic E-state index is 12.8. The van der Waals surface area contributed by atoms with E-state index >= 15 is 0 Å². The second kappa shape index (κ2) is 8.73. The van der Waals surface area contributed by atoms with Gasteiger partial charge in [-0.1, -0.05) is 18.2 Å². The second-order valence-electron chi connectivity index (χ2n) is 7.12. The molecule has 0 saturated carbocycles. The highest BCUT2D eigenvalue weighted by atomic mass is 32.1. The van der Waals surface area contributed by atoms with Crippen LogP contribution in [-0.4, -0.2) is 48.2 Å². The molecule has 8 nitrogen and oxygen atoms in total. The molecule has 2 aromatic carbocycles. The quantitative estimate of drug-likeness (QED) is 0.548. The number of benzene rings is 2. The van der Waals surface area contributed by atoms with Crippen molar-refractivity contribution in [2.45, 2.75) is 18.9 Å². The average Bonchev–Trinajstić information content (AvgIpc) is 3.10. The molecular formula is C22H22N4O4S. The molecule has 1 aliphatic rings. The van der Waals surface area contributed by atoms with E-state index in [1.165, 1.54) is 4.57 Å². The maximum Gasteiger partial charge on any atom is 0.257 e. The normalized spacial score (nSPS) is 14.8. The van der Waals surface area contributed by atoms with Gasteiger partial charge in [-0.3, -0.25) is 9.59 Å². The monoisotopic (exact) mass is 438 g/mol. The highest BCUT2D eigenvalue weighted by Gasteiger charge is 2.33. The molecule has 9 heteroatoms. The Morgan fingerprint density at radius 3 is 2.74 bits per heavy atom. The van der Waals surface area contributed by atoms with E-state index < -0.39 is 6.04 Å². The van der Waals surface area contributed by atoms with E-state index in [1.54, 1.807) is 14.2 Å². The van der Waals surface area contributed by atoms with Crippen LogP contribution in [0.25, 0.3) is 10.9 Å². The summed E-state index contributed by atoms with van der Waals surface area (Å²) in [6.45, 7) is 0.437. The van der Waals surface area contributed by atoms with Crippen molar-refractivity contribution < 1.29 is 19.1 Å². The number of nitrogens with one attached hydrogen (secondary N) is 2. The topological polar surface area (TPSA) is 94.5 Å². The van der Waals surface area contributed by atoms with Crippen molar-refractivity contribution in [3.05, 3.63) is 52.8 Å². The first-order chi connectivity index (χ1) is 15.0. The van der Waals surface area contributed by atoms with Crippen LogP contribution in [0.1, 0.15) is 16.8 Å². The minimum atomic E-state index is -0.685. The number of hydrogen-bond acceptors (Lipinski definition) is 7. The molecule has 0 radical (unpaired) electrons. The van der Waals surface area contributed by atoms with Crippen LogP contribution >= 0.6 is 12.2 Å². The number of amides is 1. The van der Waals surface area contributed by atoms with Crippen molar-refractivity contribution in [1.82, 2.24) is 14.9 Å². The summed E-state index contributed by atoms with van der Waals surface area (Å²) in [5, 5.41) is 6.81. The molecule has 0 fully saturated rings. The van der Waals surface area contributed by atoms with Gasteiger partial charge in [0.1, 0.15) is 11.9 Å². The number of anilines is 1. The van der Waals surface area contributed by atoms with Gasteiger partial charge in [0, 0.05) is 11.9 Å². The van der Waals surface area contributed by atoms with Crippen molar-refractivity contribution in [2.24, 2.45) is 0 Å². The fourth-order valence-corrected chi connectivity index (χ4v) is 3.93. The van der Waals surface area contributed by atoms with Crippen LogP contribution in [-0.2, 0) is 11.2 Å². The smallest absolute Gasteiger partial charge is 0.257 e. The second-order valence-corrected chi connectivity index (χ2v) is 7.49. The van der Waals surface area contributed by atoms with Crippen molar-refractivity contribution in [3.8, 4) is 11.5 Å². The molecule has 160 valence electrons. The first-order valence-corrected chi connectivity index (χ1v) is 10.2. The number of hydrogen-bond donors (Lipinski definition) is 2. The van der Waals surface area contributed by atoms with Gasteiger partial charge in [0.2, 0.25) is 10.7 Å². The summed E-state index contributed by atoms with van der Waals surface area (Å²) in [7, 11) is 3.17. The summed E-state index contributed by atoms with van der Waals surface area (Å²) >= 11 is 5.28. The molecule has 1 aromatic heterocycles. The number of para-hydroxylation sites is 1. The molecule has 0 spiro atoms. The third-order valence-electron chi connectivity index (χ3n) is 5.19. The molecule has 2 N–H and O–H groups in total. The Morgan fingerprint density at radius 2 is 1.97 bits per heavy atom. The van der Waals surface area contributed by atoms with Crippen molar-refractivity contribution in [3.63, 3.8) is 0 Å². The van der Waals surface area contributed by atoms with Gasteiger partial charge < -0.3 is 20.1 Å². The molecule has 1 unspecified atom stereocenters. The Bertz CT molecular complexity index is 1220. The summed E-state index contributed by atoms with van der Waals surface area (Å²) in [5.74, 6) is 1.39. The van der Waals surface area contributed by atoms with Gasteiger partial charge in [0.05, 0.1) is 26.2 Å². The van der Waals surface area contributed by atoms with E-state index in [-0.39, 0.29) is 23.0 Å². The van der Waals surface area contributed by atoms with Crippen LogP contribution in [0.2, 0.25) is 0 Å². The molecule has 0 aliphatic carbocycles. The summed E-state index contributed by atoms with van der Waals surface area (Å²) < 4.78 is 12.1. The molecular weight excluding hydrogens is 416 g/mol. The van der Waals surface area contributed by atoms with Crippen molar-refractivity contribution >= 4 is 40.8 Å². The van der Waals surface area contributed by atoms with Crippen LogP contribution in [0.5, 0.6) is 11.5 Å². The number of fused-ring (bicyclic) bond motifs is 3. The van der Waals surface area contributed by atoms with E-state index in [4.69, 9.17) is 21.7 Å². The molecule has 1 amide bonds. The lowest BCUT2D eigenvalue weighted by atomic mass is 10.1. The lowest BCUT2D eigenvalue weighted by Gasteiger charge is -2.11. The standard InChI is InChI=1S/C22H22N4O4S/c1-29-17-8-7-13(11-18(17)30-2)9-10-23-19(27)12-16-21(28)26-20(24-16)14-5-3-4-6-15(14)25-22(26)31/h3-8,11,16,24H,9-10,12H2,1-2H3,(H,23,27). The Hall–Kier alpha value is -3.46.